The molecule has 5 rings (SSSR count). The van der Waals surface area contributed by atoms with Crippen LogP contribution in [0.4, 0.5) is 17.6 Å². The summed E-state index contributed by atoms with van der Waals surface area (Å²) in [6, 6.07) is 13.3. The lowest BCUT2D eigenvalue weighted by Crippen LogP contribution is -2.16. The van der Waals surface area contributed by atoms with E-state index in [0.717, 1.165) is 36.4 Å². The summed E-state index contributed by atoms with van der Waals surface area (Å²) in [6.45, 7) is 0. The third-order valence-corrected chi connectivity index (χ3v) is 5.06. The van der Waals surface area contributed by atoms with Gasteiger partial charge in [0.1, 0.15) is 11.4 Å². The van der Waals surface area contributed by atoms with Gasteiger partial charge in [0.15, 0.2) is 23.3 Å². The van der Waals surface area contributed by atoms with Crippen molar-refractivity contribution < 1.29 is 17.6 Å². The minimum absolute atomic E-state index is 0.149. The van der Waals surface area contributed by atoms with Crippen LogP contribution in [0.3, 0.4) is 0 Å². The van der Waals surface area contributed by atoms with Crippen LogP contribution >= 0.6 is 0 Å². The molecule has 3 aromatic heterocycles. The first kappa shape index (κ1) is 21.2. The Labute approximate surface area is 187 Å². The summed E-state index contributed by atoms with van der Waals surface area (Å²) in [7, 11) is 0. The lowest BCUT2D eigenvalue weighted by atomic mass is 10.2. The average molecular weight is 467 g/mol. The molecular formula is C23H13F4N5O2. The van der Waals surface area contributed by atoms with Crippen LogP contribution in [0.1, 0.15) is 0 Å². The van der Waals surface area contributed by atoms with Crippen molar-refractivity contribution in [2.24, 2.45) is 0 Å². The Morgan fingerprint density at radius 1 is 0.588 bits per heavy atom. The molecular weight excluding hydrogens is 454 g/mol. The number of para-hydroxylation sites is 2. The molecule has 0 unspecified atom stereocenters. The fourth-order valence-corrected chi connectivity index (χ4v) is 3.53. The number of rotatable bonds is 4. The first-order valence-corrected chi connectivity index (χ1v) is 9.84. The molecule has 0 radical (unpaired) electrons. The molecule has 0 aliphatic carbocycles. The molecule has 7 nitrogen and oxygen atoms in total. The molecule has 34 heavy (non-hydrogen) atoms. The van der Waals surface area contributed by atoms with Gasteiger partial charge in [-0.3, -0.25) is 19.8 Å². The number of aromatic amines is 2. The van der Waals surface area contributed by atoms with E-state index in [-0.39, 0.29) is 22.8 Å². The van der Waals surface area contributed by atoms with Crippen LogP contribution in [0.5, 0.6) is 0 Å². The number of halogens is 4. The van der Waals surface area contributed by atoms with Gasteiger partial charge in [0, 0.05) is 12.1 Å². The zero-order chi connectivity index (χ0) is 24.0. The highest BCUT2D eigenvalue weighted by Crippen LogP contribution is 2.22. The Bertz CT molecular complexity index is 1510. The van der Waals surface area contributed by atoms with Crippen LogP contribution in [-0.2, 0) is 0 Å². The van der Waals surface area contributed by atoms with Crippen LogP contribution in [0.2, 0.25) is 0 Å². The molecule has 0 aliphatic rings. The van der Waals surface area contributed by atoms with Crippen molar-refractivity contribution in [3.05, 3.63) is 111 Å². The molecule has 0 fully saturated rings. The standard InChI is InChI=1S/C23H13F4N5O2/c24-12-4-1-5-13(25)22(12)31-20(33)10-18(29-31)16-8-3-9-17(28-16)19-11-21(34)32(30-19)23-14(26)6-2-7-15(23)27/h1-11,29-30H. The first-order valence-electron chi connectivity index (χ1n) is 9.84. The van der Waals surface area contributed by atoms with Crippen molar-refractivity contribution in [2.75, 3.05) is 0 Å². The molecule has 0 aliphatic heterocycles. The number of pyridine rings is 1. The molecule has 3 heterocycles. The van der Waals surface area contributed by atoms with Gasteiger partial charge in [0.25, 0.3) is 11.1 Å². The monoisotopic (exact) mass is 467 g/mol. The Morgan fingerprint density at radius 2 is 0.941 bits per heavy atom. The maximum atomic E-state index is 14.1. The fourth-order valence-electron chi connectivity index (χ4n) is 3.53. The minimum Gasteiger partial charge on any atom is -0.289 e. The molecule has 0 atom stereocenters. The third kappa shape index (κ3) is 3.52. The van der Waals surface area contributed by atoms with Crippen molar-refractivity contribution in [1.82, 2.24) is 24.5 Å². The zero-order valence-electron chi connectivity index (χ0n) is 17.0. The summed E-state index contributed by atoms with van der Waals surface area (Å²) in [6.07, 6.45) is 0. The molecule has 0 saturated heterocycles. The van der Waals surface area contributed by atoms with E-state index in [1.54, 1.807) is 6.07 Å². The van der Waals surface area contributed by atoms with Gasteiger partial charge in [-0.05, 0) is 36.4 Å². The normalized spacial score (nSPS) is 11.2. The summed E-state index contributed by atoms with van der Waals surface area (Å²) < 4.78 is 57.9. The van der Waals surface area contributed by atoms with Crippen molar-refractivity contribution in [3.63, 3.8) is 0 Å². The highest BCUT2D eigenvalue weighted by molar-refractivity contribution is 5.61. The number of benzene rings is 2. The average Bonchev–Trinajstić information content (AvgIpc) is 3.37. The van der Waals surface area contributed by atoms with Crippen LogP contribution in [0.25, 0.3) is 34.2 Å². The summed E-state index contributed by atoms with van der Waals surface area (Å²) >= 11 is 0. The number of aromatic nitrogens is 5. The van der Waals surface area contributed by atoms with Crippen molar-refractivity contribution >= 4 is 0 Å². The predicted octanol–water partition coefficient (Wildman–Crippen LogP) is 3.93. The van der Waals surface area contributed by atoms with E-state index >= 15 is 0 Å². The fraction of sp³-hybridized carbons (Fsp3) is 0. The maximum Gasteiger partial charge on any atom is 0.272 e. The Kier molecular flexibility index (Phi) is 5.01. The highest BCUT2D eigenvalue weighted by atomic mass is 19.1. The topological polar surface area (TPSA) is 88.5 Å². The number of hydrogen-bond acceptors (Lipinski definition) is 3. The van der Waals surface area contributed by atoms with Crippen molar-refractivity contribution in [1.29, 1.82) is 0 Å². The van der Waals surface area contributed by atoms with E-state index in [0.29, 0.717) is 9.36 Å². The van der Waals surface area contributed by atoms with Gasteiger partial charge >= 0.3 is 0 Å². The predicted molar refractivity (Wildman–Crippen MR) is 115 cm³/mol. The third-order valence-electron chi connectivity index (χ3n) is 5.06. The van der Waals surface area contributed by atoms with Crippen molar-refractivity contribution in [2.45, 2.75) is 0 Å². The molecule has 0 bridgehead atoms. The summed E-state index contributed by atoms with van der Waals surface area (Å²) in [4.78, 5) is 29.1. The van der Waals surface area contributed by atoms with Crippen molar-refractivity contribution in [3.8, 4) is 34.2 Å². The van der Waals surface area contributed by atoms with Gasteiger partial charge in [-0.15, -0.1) is 0 Å². The van der Waals surface area contributed by atoms with Gasteiger partial charge in [-0.25, -0.2) is 31.9 Å². The first-order chi connectivity index (χ1) is 16.3. The van der Waals surface area contributed by atoms with Gasteiger partial charge < -0.3 is 0 Å². The van der Waals surface area contributed by atoms with E-state index in [1.807, 2.05) is 0 Å². The van der Waals surface area contributed by atoms with Crippen LogP contribution in [0, 0.1) is 23.3 Å². The second-order valence-electron chi connectivity index (χ2n) is 7.24. The van der Waals surface area contributed by atoms with E-state index in [1.165, 1.54) is 24.3 Å². The molecule has 0 spiro atoms. The zero-order valence-corrected chi connectivity index (χ0v) is 17.0. The molecule has 2 N–H and O–H groups in total. The minimum atomic E-state index is -0.934. The molecule has 5 aromatic rings. The second kappa shape index (κ2) is 8.03. The van der Waals surface area contributed by atoms with Crippen LogP contribution < -0.4 is 11.1 Å². The second-order valence-corrected chi connectivity index (χ2v) is 7.24. The van der Waals surface area contributed by atoms with E-state index in [4.69, 9.17) is 0 Å². The number of hydrogen-bond donors (Lipinski definition) is 2. The summed E-state index contributed by atoms with van der Waals surface area (Å²) in [5.41, 5.74) is -1.84. The molecule has 170 valence electrons. The SMILES string of the molecule is O=c1cc(-c2cccc(-c3cc(=O)n(-c4c(F)cccc4F)[nH]3)n2)[nH]n1-c1c(F)cccc1F. The lowest BCUT2D eigenvalue weighted by molar-refractivity contribution is 0.557. The van der Waals surface area contributed by atoms with Gasteiger partial charge in [0.2, 0.25) is 0 Å². The Morgan fingerprint density at radius 3 is 1.32 bits per heavy atom. The van der Waals surface area contributed by atoms with Gasteiger partial charge in [0.05, 0.1) is 22.8 Å². The van der Waals surface area contributed by atoms with Crippen LogP contribution in [0.15, 0.2) is 76.3 Å². The Balaban J connectivity index is 1.57. The maximum absolute atomic E-state index is 14.1. The Hall–Kier alpha value is -4.67. The smallest absolute Gasteiger partial charge is 0.272 e. The van der Waals surface area contributed by atoms with E-state index < -0.39 is 45.8 Å². The molecule has 0 saturated carbocycles. The van der Waals surface area contributed by atoms with Gasteiger partial charge in [-0.1, -0.05) is 18.2 Å². The lowest BCUT2D eigenvalue weighted by Gasteiger charge is -2.06. The van der Waals surface area contributed by atoms with E-state index in [9.17, 15) is 27.2 Å². The largest absolute Gasteiger partial charge is 0.289 e. The molecule has 0 amide bonds. The molecule has 2 aromatic carbocycles. The quantitative estimate of drug-likeness (QED) is 0.393. The van der Waals surface area contributed by atoms with Crippen LogP contribution in [-0.4, -0.2) is 24.5 Å². The number of nitrogens with one attached hydrogen (secondary N) is 2. The summed E-state index contributed by atoms with van der Waals surface area (Å²) in [5, 5.41) is 5.23. The summed E-state index contributed by atoms with van der Waals surface area (Å²) in [5.74, 6) is -3.74. The molecule has 11 heteroatoms. The number of nitrogens with zero attached hydrogens (tertiary/aromatic N) is 3. The highest BCUT2D eigenvalue weighted by Gasteiger charge is 2.18. The van der Waals surface area contributed by atoms with Gasteiger partial charge in [-0.2, -0.15) is 0 Å². The van der Waals surface area contributed by atoms with E-state index in [2.05, 4.69) is 15.2 Å². The number of H-pyrrole nitrogens is 2.